The summed E-state index contributed by atoms with van der Waals surface area (Å²) in [6, 6.07) is 0. The maximum Gasteiger partial charge on any atom is 0.360 e. The molecule has 72 valence electrons. The van der Waals surface area contributed by atoms with Crippen LogP contribution in [0.25, 0.3) is 5.78 Å². The van der Waals surface area contributed by atoms with E-state index in [-0.39, 0.29) is 18.1 Å². The number of tetrazole rings is 1. The molecule has 0 radical (unpaired) electrons. The number of hydrogen-bond acceptors (Lipinski definition) is 7. The van der Waals surface area contributed by atoms with Crippen LogP contribution >= 0.6 is 0 Å². The predicted molar refractivity (Wildman–Crippen MR) is 42.3 cm³/mol. The van der Waals surface area contributed by atoms with Crippen LogP contribution in [0.1, 0.15) is 17.4 Å². The van der Waals surface area contributed by atoms with Crippen molar-refractivity contribution in [2.45, 2.75) is 6.92 Å². The van der Waals surface area contributed by atoms with Crippen LogP contribution in [0.5, 0.6) is 0 Å². The maximum absolute atomic E-state index is 11.2. The minimum absolute atomic E-state index is 0.0756. The SMILES string of the molecule is CCOC(=O)c1cn2nnnc2nn1. The van der Waals surface area contributed by atoms with Gasteiger partial charge < -0.3 is 4.74 Å². The van der Waals surface area contributed by atoms with E-state index >= 15 is 0 Å². The van der Waals surface area contributed by atoms with Gasteiger partial charge in [0.25, 0.3) is 5.78 Å². The Morgan fingerprint density at radius 1 is 1.50 bits per heavy atom. The standard InChI is InChI=1S/C6H6N6O2/c1-2-14-5(13)4-3-12-6(8-7-4)9-10-11-12/h3H,2H2,1H3. The topological polar surface area (TPSA) is 95.2 Å². The van der Waals surface area contributed by atoms with Gasteiger partial charge in [0.1, 0.15) is 0 Å². The Morgan fingerprint density at radius 2 is 2.36 bits per heavy atom. The minimum Gasteiger partial charge on any atom is -0.461 e. The molecule has 2 aromatic heterocycles. The average molecular weight is 194 g/mol. The lowest BCUT2D eigenvalue weighted by Gasteiger charge is -1.98. The number of hydrogen-bond donors (Lipinski definition) is 0. The lowest BCUT2D eigenvalue weighted by molar-refractivity contribution is 0.0517. The van der Waals surface area contributed by atoms with E-state index in [0.29, 0.717) is 0 Å². The number of carbonyl (C=O) groups is 1. The number of fused-ring (bicyclic) bond motifs is 1. The summed E-state index contributed by atoms with van der Waals surface area (Å²) in [7, 11) is 0. The summed E-state index contributed by atoms with van der Waals surface area (Å²) in [5.41, 5.74) is 0.0756. The molecule has 0 unspecified atom stereocenters. The number of nitrogens with zero attached hydrogens (tertiary/aromatic N) is 6. The normalized spacial score (nSPS) is 10.4. The first kappa shape index (κ1) is 8.48. The van der Waals surface area contributed by atoms with Crippen LogP contribution in [0.15, 0.2) is 6.20 Å². The summed E-state index contributed by atoms with van der Waals surface area (Å²) < 4.78 is 5.98. The van der Waals surface area contributed by atoms with E-state index in [1.807, 2.05) is 0 Å². The lowest BCUT2D eigenvalue weighted by atomic mass is 10.5. The Labute approximate surface area is 77.9 Å². The number of esters is 1. The van der Waals surface area contributed by atoms with Gasteiger partial charge in [0.05, 0.1) is 12.8 Å². The summed E-state index contributed by atoms with van der Waals surface area (Å²) in [5, 5.41) is 17.7. The Morgan fingerprint density at radius 3 is 3.14 bits per heavy atom. The van der Waals surface area contributed by atoms with Gasteiger partial charge in [-0.1, -0.05) is 5.10 Å². The van der Waals surface area contributed by atoms with E-state index in [4.69, 9.17) is 4.74 Å². The van der Waals surface area contributed by atoms with Crippen molar-refractivity contribution in [1.82, 2.24) is 30.2 Å². The Hall–Kier alpha value is -2.12. The molecule has 8 heteroatoms. The average Bonchev–Trinajstić information content (AvgIpc) is 2.64. The summed E-state index contributed by atoms with van der Waals surface area (Å²) >= 11 is 0. The number of rotatable bonds is 2. The monoisotopic (exact) mass is 194 g/mol. The van der Waals surface area contributed by atoms with Crippen molar-refractivity contribution >= 4 is 11.7 Å². The van der Waals surface area contributed by atoms with E-state index in [0.717, 1.165) is 0 Å². The molecular formula is C6H6N6O2. The van der Waals surface area contributed by atoms with Gasteiger partial charge in [-0.3, -0.25) is 0 Å². The second-order valence-electron chi connectivity index (χ2n) is 2.36. The van der Waals surface area contributed by atoms with Crippen LogP contribution in [-0.2, 0) is 4.74 Å². The van der Waals surface area contributed by atoms with E-state index in [1.54, 1.807) is 6.92 Å². The van der Waals surface area contributed by atoms with Gasteiger partial charge in [0, 0.05) is 0 Å². The summed E-state index contributed by atoms with van der Waals surface area (Å²) in [6.07, 6.45) is 1.36. The zero-order valence-electron chi connectivity index (χ0n) is 7.28. The van der Waals surface area contributed by atoms with E-state index in [1.165, 1.54) is 10.7 Å². The first-order valence-electron chi connectivity index (χ1n) is 3.90. The van der Waals surface area contributed by atoms with Crippen LogP contribution in [0.3, 0.4) is 0 Å². The van der Waals surface area contributed by atoms with Gasteiger partial charge in [-0.25, -0.2) is 4.79 Å². The van der Waals surface area contributed by atoms with Crippen LogP contribution in [0, 0.1) is 0 Å². The molecule has 0 aliphatic heterocycles. The van der Waals surface area contributed by atoms with Crippen LogP contribution in [0.4, 0.5) is 0 Å². The fraction of sp³-hybridized carbons (Fsp3) is 0.333. The summed E-state index contributed by atoms with van der Waals surface area (Å²) in [5.74, 6) is -0.310. The molecular weight excluding hydrogens is 188 g/mol. The fourth-order valence-electron chi connectivity index (χ4n) is 0.877. The molecule has 0 saturated carbocycles. The molecule has 0 bridgehead atoms. The van der Waals surface area contributed by atoms with E-state index < -0.39 is 5.97 Å². The molecule has 8 nitrogen and oxygen atoms in total. The second kappa shape index (κ2) is 3.32. The highest BCUT2D eigenvalue weighted by Gasteiger charge is 2.10. The second-order valence-corrected chi connectivity index (χ2v) is 2.36. The number of aromatic nitrogens is 6. The van der Waals surface area contributed by atoms with E-state index in [2.05, 4.69) is 25.7 Å². The Bertz CT molecular complexity index is 466. The van der Waals surface area contributed by atoms with Crippen LogP contribution < -0.4 is 0 Å². The molecule has 2 heterocycles. The van der Waals surface area contributed by atoms with Crippen molar-refractivity contribution in [1.29, 1.82) is 0 Å². The third kappa shape index (κ3) is 1.37. The van der Waals surface area contributed by atoms with Gasteiger partial charge in [-0.15, -0.1) is 10.2 Å². The third-order valence-corrected chi connectivity index (χ3v) is 1.45. The van der Waals surface area contributed by atoms with Gasteiger partial charge in [0.2, 0.25) is 0 Å². The highest BCUT2D eigenvalue weighted by atomic mass is 16.5. The van der Waals surface area contributed by atoms with Crippen molar-refractivity contribution in [2.75, 3.05) is 6.61 Å². The number of ether oxygens (including phenoxy) is 1. The lowest BCUT2D eigenvalue weighted by Crippen LogP contribution is -2.10. The third-order valence-electron chi connectivity index (χ3n) is 1.45. The van der Waals surface area contributed by atoms with Crippen molar-refractivity contribution in [3.05, 3.63) is 11.9 Å². The Balaban J connectivity index is 2.38. The van der Waals surface area contributed by atoms with E-state index in [9.17, 15) is 4.79 Å². The van der Waals surface area contributed by atoms with Gasteiger partial charge in [-0.05, 0) is 17.4 Å². The van der Waals surface area contributed by atoms with Crippen molar-refractivity contribution in [3.63, 3.8) is 0 Å². The summed E-state index contributed by atoms with van der Waals surface area (Å²) in [6.45, 7) is 2.00. The quantitative estimate of drug-likeness (QED) is 0.571. The molecule has 0 atom stereocenters. The molecule has 0 spiro atoms. The predicted octanol–water partition coefficient (Wildman–Crippen LogP) is -0.909. The smallest absolute Gasteiger partial charge is 0.360 e. The molecule has 0 N–H and O–H groups in total. The van der Waals surface area contributed by atoms with Gasteiger partial charge >= 0.3 is 5.97 Å². The molecule has 0 aliphatic carbocycles. The molecule has 0 saturated heterocycles. The summed E-state index contributed by atoms with van der Waals surface area (Å²) in [4.78, 5) is 11.2. The largest absolute Gasteiger partial charge is 0.461 e. The minimum atomic E-state index is -0.544. The zero-order chi connectivity index (χ0) is 9.97. The number of carbonyl (C=O) groups excluding carboxylic acids is 1. The highest BCUT2D eigenvalue weighted by molar-refractivity contribution is 5.86. The van der Waals surface area contributed by atoms with Crippen molar-refractivity contribution in [3.8, 4) is 0 Å². The maximum atomic E-state index is 11.2. The fourth-order valence-corrected chi connectivity index (χ4v) is 0.877. The van der Waals surface area contributed by atoms with Gasteiger partial charge in [0.15, 0.2) is 5.69 Å². The molecule has 2 aromatic rings. The van der Waals surface area contributed by atoms with Crippen molar-refractivity contribution in [2.24, 2.45) is 0 Å². The molecule has 0 aromatic carbocycles. The molecule has 0 amide bonds. The van der Waals surface area contributed by atoms with Crippen molar-refractivity contribution < 1.29 is 9.53 Å². The first-order chi connectivity index (χ1) is 6.81. The molecule has 0 aliphatic rings. The highest BCUT2D eigenvalue weighted by Crippen LogP contribution is 1.96. The van der Waals surface area contributed by atoms with Gasteiger partial charge in [-0.2, -0.15) is 4.52 Å². The molecule has 14 heavy (non-hydrogen) atoms. The molecule has 0 fully saturated rings. The van der Waals surface area contributed by atoms with Crippen LogP contribution in [-0.4, -0.2) is 42.8 Å². The first-order valence-corrected chi connectivity index (χ1v) is 3.90. The molecule has 2 rings (SSSR count). The Kier molecular flexibility index (Phi) is 2.01. The van der Waals surface area contributed by atoms with Crippen LogP contribution in [0.2, 0.25) is 0 Å². The zero-order valence-corrected chi connectivity index (χ0v) is 7.28.